The maximum atomic E-state index is 12.0. The largest absolute Gasteiger partial charge is 0.444 e. The molecule has 1 rings (SSSR count). The van der Waals surface area contributed by atoms with E-state index in [0.29, 0.717) is 13.1 Å². The number of rotatable bonds is 6. The molecule has 0 aromatic heterocycles. The number of nitrogens with zero attached hydrogens (tertiary/aromatic N) is 1. The first kappa shape index (κ1) is 19.5. The lowest BCUT2D eigenvalue weighted by Gasteiger charge is -2.26. The van der Waals surface area contributed by atoms with Gasteiger partial charge in [0.15, 0.2) is 0 Å². The Kier molecular flexibility index (Phi) is 7.86. The van der Waals surface area contributed by atoms with Gasteiger partial charge in [-0.15, -0.1) is 0 Å². The minimum atomic E-state index is -0.457. The predicted octanol–water partition coefficient (Wildman–Crippen LogP) is 4.56. The fraction of sp³-hybridized carbons (Fsp3) is 0.562. The maximum absolute atomic E-state index is 12.0. The predicted molar refractivity (Wildman–Crippen MR) is 97.0 cm³/mol. The minimum absolute atomic E-state index is 0.261. The van der Waals surface area contributed by atoms with Crippen molar-refractivity contribution in [2.75, 3.05) is 19.6 Å². The van der Waals surface area contributed by atoms with Crippen LogP contribution in [0.4, 0.5) is 4.79 Å². The monoisotopic (exact) mass is 434 g/mol. The first-order chi connectivity index (χ1) is 10.2. The summed E-state index contributed by atoms with van der Waals surface area (Å²) in [5.74, 6) is 0. The van der Waals surface area contributed by atoms with Crippen molar-refractivity contribution in [1.82, 2.24) is 10.2 Å². The number of carbonyl (C=O) groups is 1. The summed E-state index contributed by atoms with van der Waals surface area (Å²) in [5, 5.41) is 3.35. The first-order valence-electron chi connectivity index (χ1n) is 7.35. The lowest BCUT2D eigenvalue weighted by atomic mass is 10.2. The molecule has 0 spiro atoms. The molecule has 0 fully saturated rings. The molecule has 0 aliphatic carbocycles. The molecular weight excluding hydrogens is 412 g/mol. The Morgan fingerprint density at radius 3 is 2.50 bits per heavy atom. The molecule has 1 aromatic carbocycles. The molecule has 0 aliphatic rings. The smallest absolute Gasteiger partial charge is 0.410 e. The van der Waals surface area contributed by atoms with E-state index >= 15 is 0 Å². The zero-order valence-electron chi connectivity index (χ0n) is 13.6. The van der Waals surface area contributed by atoms with Crippen molar-refractivity contribution < 1.29 is 9.53 Å². The van der Waals surface area contributed by atoms with E-state index in [-0.39, 0.29) is 6.09 Å². The van der Waals surface area contributed by atoms with Crippen LogP contribution < -0.4 is 5.32 Å². The van der Waals surface area contributed by atoms with Crippen LogP contribution >= 0.6 is 31.9 Å². The summed E-state index contributed by atoms with van der Waals surface area (Å²) in [6, 6.07) is 6.15. The van der Waals surface area contributed by atoms with Crippen LogP contribution in [0.5, 0.6) is 0 Å². The van der Waals surface area contributed by atoms with E-state index in [1.807, 2.05) is 33.8 Å². The summed E-state index contributed by atoms with van der Waals surface area (Å²) in [7, 11) is 0. The molecule has 0 atom stereocenters. The molecule has 0 bridgehead atoms. The lowest BCUT2D eigenvalue weighted by molar-refractivity contribution is 0.0262. The second kappa shape index (κ2) is 8.89. The highest BCUT2D eigenvalue weighted by Crippen LogP contribution is 2.23. The summed E-state index contributed by atoms with van der Waals surface area (Å²) >= 11 is 6.95. The number of carbonyl (C=O) groups excluding carboxylic acids is 1. The normalized spacial score (nSPS) is 11.4. The number of hydrogen-bond donors (Lipinski definition) is 1. The van der Waals surface area contributed by atoms with Gasteiger partial charge < -0.3 is 15.0 Å². The number of nitrogens with one attached hydrogen (secondary N) is 1. The van der Waals surface area contributed by atoms with Gasteiger partial charge in [0.25, 0.3) is 0 Å². The molecule has 124 valence electrons. The molecule has 0 saturated heterocycles. The van der Waals surface area contributed by atoms with Crippen LogP contribution in [0.25, 0.3) is 0 Å². The second-order valence-corrected chi connectivity index (χ2v) is 7.69. The van der Waals surface area contributed by atoms with E-state index in [1.165, 1.54) is 5.56 Å². The summed E-state index contributed by atoms with van der Waals surface area (Å²) in [6.45, 7) is 10.3. The lowest BCUT2D eigenvalue weighted by Crippen LogP contribution is -2.40. The Labute approximate surface area is 149 Å². The summed E-state index contributed by atoms with van der Waals surface area (Å²) < 4.78 is 7.46. The van der Waals surface area contributed by atoms with E-state index < -0.39 is 5.60 Å². The molecular formula is C16H24Br2N2O2. The Balaban J connectivity index is 2.38. The molecule has 0 saturated carbocycles. The van der Waals surface area contributed by atoms with Crippen molar-refractivity contribution in [3.05, 3.63) is 32.7 Å². The number of halogens is 2. The van der Waals surface area contributed by atoms with Crippen LogP contribution in [0.1, 0.15) is 33.3 Å². The quantitative estimate of drug-likeness (QED) is 0.666. The van der Waals surface area contributed by atoms with Gasteiger partial charge in [0.2, 0.25) is 0 Å². The SMILES string of the molecule is CCN(CCNCc1ccc(Br)c(Br)c1)C(=O)OC(C)(C)C. The number of likely N-dealkylation sites (N-methyl/N-ethyl adjacent to an activating group) is 1. The number of amides is 1. The number of hydrogen-bond acceptors (Lipinski definition) is 3. The van der Waals surface area contributed by atoms with Crippen LogP contribution in [-0.4, -0.2) is 36.2 Å². The molecule has 6 heteroatoms. The number of benzene rings is 1. The third-order valence-corrected chi connectivity index (χ3v) is 4.78. The van der Waals surface area contributed by atoms with Crippen molar-refractivity contribution >= 4 is 38.0 Å². The fourth-order valence-electron chi connectivity index (χ4n) is 1.80. The van der Waals surface area contributed by atoms with Gasteiger partial charge in [0.05, 0.1) is 0 Å². The van der Waals surface area contributed by atoms with Gasteiger partial charge in [0.1, 0.15) is 5.60 Å². The highest BCUT2D eigenvalue weighted by molar-refractivity contribution is 9.13. The molecule has 0 radical (unpaired) electrons. The Morgan fingerprint density at radius 1 is 1.27 bits per heavy atom. The molecule has 0 heterocycles. The summed E-state index contributed by atoms with van der Waals surface area (Å²) in [6.07, 6.45) is -0.261. The topological polar surface area (TPSA) is 41.6 Å². The summed E-state index contributed by atoms with van der Waals surface area (Å²) in [5.41, 5.74) is 0.733. The van der Waals surface area contributed by atoms with Crippen molar-refractivity contribution in [1.29, 1.82) is 0 Å². The van der Waals surface area contributed by atoms with Gasteiger partial charge in [-0.2, -0.15) is 0 Å². The number of ether oxygens (including phenoxy) is 1. The van der Waals surface area contributed by atoms with Crippen LogP contribution in [0.15, 0.2) is 27.1 Å². The highest BCUT2D eigenvalue weighted by Gasteiger charge is 2.20. The Hall–Kier alpha value is -0.590. The van der Waals surface area contributed by atoms with Gasteiger partial charge >= 0.3 is 6.09 Å². The van der Waals surface area contributed by atoms with E-state index in [2.05, 4.69) is 49.3 Å². The minimum Gasteiger partial charge on any atom is -0.444 e. The fourth-order valence-corrected chi connectivity index (χ4v) is 2.47. The van der Waals surface area contributed by atoms with Crippen LogP contribution in [0, 0.1) is 0 Å². The van der Waals surface area contributed by atoms with E-state index in [4.69, 9.17) is 4.74 Å². The average molecular weight is 436 g/mol. The van der Waals surface area contributed by atoms with Crippen LogP contribution in [-0.2, 0) is 11.3 Å². The van der Waals surface area contributed by atoms with Gasteiger partial charge in [-0.25, -0.2) is 4.79 Å². The highest BCUT2D eigenvalue weighted by atomic mass is 79.9. The molecule has 4 nitrogen and oxygen atoms in total. The third kappa shape index (κ3) is 7.11. The Morgan fingerprint density at radius 2 is 1.95 bits per heavy atom. The molecule has 0 aliphatic heterocycles. The standard InChI is InChI=1S/C16H24Br2N2O2/c1-5-20(15(21)22-16(2,3)4)9-8-19-11-12-6-7-13(17)14(18)10-12/h6-7,10,19H,5,8-9,11H2,1-4H3. The van der Waals surface area contributed by atoms with Crippen molar-refractivity contribution in [2.24, 2.45) is 0 Å². The van der Waals surface area contributed by atoms with Crippen LogP contribution in [0.3, 0.4) is 0 Å². The van der Waals surface area contributed by atoms with Crippen LogP contribution in [0.2, 0.25) is 0 Å². The van der Waals surface area contributed by atoms with Gasteiger partial charge in [-0.3, -0.25) is 0 Å². The summed E-state index contributed by atoms with van der Waals surface area (Å²) in [4.78, 5) is 13.7. The average Bonchev–Trinajstić information content (AvgIpc) is 2.40. The zero-order chi connectivity index (χ0) is 16.8. The first-order valence-corrected chi connectivity index (χ1v) is 8.94. The van der Waals surface area contributed by atoms with Gasteiger partial charge in [0, 0.05) is 35.1 Å². The van der Waals surface area contributed by atoms with Crippen molar-refractivity contribution in [2.45, 2.75) is 39.8 Å². The van der Waals surface area contributed by atoms with Gasteiger partial charge in [-0.1, -0.05) is 6.07 Å². The molecule has 1 N–H and O–H groups in total. The van der Waals surface area contributed by atoms with E-state index in [9.17, 15) is 4.79 Å². The van der Waals surface area contributed by atoms with Crippen molar-refractivity contribution in [3.8, 4) is 0 Å². The van der Waals surface area contributed by atoms with E-state index in [0.717, 1.165) is 22.0 Å². The maximum Gasteiger partial charge on any atom is 0.410 e. The molecule has 0 unspecified atom stereocenters. The molecule has 22 heavy (non-hydrogen) atoms. The zero-order valence-corrected chi connectivity index (χ0v) is 16.8. The van der Waals surface area contributed by atoms with Crippen molar-refractivity contribution in [3.63, 3.8) is 0 Å². The second-order valence-electron chi connectivity index (χ2n) is 5.99. The van der Waals surface area contributed by atoms with Gasteiger partial charge in [-0.05, 0) is 77.3 Å². The molecule has 1 amide bonds. The molecule has 1 aromatic rings. The third-order valence-electron chi connectivity index (χ3n) is 2.91. The van der Waals surface area contributed by atoms with E-state index in [1.54, 1.807) is 4.90 Å². The Bertz CT molecular complexity index is 501.